The summed E-state index contributed by atoms with van der Waals surface area (Å²) in [6.07, 6.45) is -13.9. The molecule has 1 aliphatic carbocycles. The number of nitrogens with one attached hydrogen (secondary N) is 2. The van der Waals surface area contributed by atoms with Gasteiger partial charge in [-0.15, -0.1) is 0 Å². The Morgan fingerprint density at radius 3 is 2.26 bits per heavy atom. The third-order valence-electron chi connectivity index (χ3n) is 8.90. The van der Waals surface area contributed by atoms with Crippen molar-refractivity contribution in [1.29, 1.82) is 0 Å². The predicted octanol–water partition coefficient (Wildman–Crippen LogP) is -6.87. The topological polar surface area (TPSA) is 322 Å². The summed E-state index contributed by atoms with van der Waals surface area (Å²) in [4.78, 5) is 12.6. The van der Waals surface area contributed by atoms with Gasteiger partial charge in [-0.2, -0.15) is 0 Å². The molecule has 0 aromatic heterocycles. The quantitative estimate of drug-likeness (QED) is 0.0804. The van der Waals surface area contributed by atoms with Crippen LogP contribution in [0.2, 0.25) is 0 Å². The van der Waals surface area contributed by atoms with E-state index in [-0.39, 0.29) is 25.5 Å². The summed E-state index contributed by atoms with van der Waals surface area (Å²) in [5.74, 6) is -0.779. The van der Waals surface area contributed by atoms with Crippen molar-refractivity contribution in [2.75, 3.05) is 26.7 Å². The van der Waals surface area contributed by atoms with Crippen molar-refractivity contribution in [3.63, 3.8) is 0 Å². The van der Waals surface area contributed by atoms with Gasteiger partial charge in [0.15, 0.2) is 18.9 Å². The summed E-state index contributed by atoms with van der Waals surface area (Å²) in [6.45, 7) is 1.37. The molecular formula is C28H52N6O13. The smallest absolute Gasteiger partial charge is 0.249 e. The number of aliphatic hydroxyl groups is 6. The van der Waals surface area contributed by atoms with E-state index in [2.05, 4.69) is 10.6 Å². The average Bonchev–Trinajstić information content (AvgIpc) is 3.33. The molecule has 16 N–H and O–H groups in total. The molecule has 18 atom stereocenters. The standard InChI is InChI=1S/C28H52N6O13/c1-10-18(37)20(39)17(32)27(42-10)46-23-16(9-35)44-28(21(23)40)47-24-19(38)14(34-25(41)15(36)5-6-29)7-13(31)22(24)45-26-12(30)4-3-11(43-26)8-33-2/h3-4,10-24,26-28,33,35-40H,5-9,29-32H2,1-2H3,(H,34,41)/t10-,11-,12+,13-,14+,15-,16+,17+,18+,19-,20+,21+,22+,23+,24+,26+,27+,28-/m0/s1. The number of carbonyl (C=O) groups excluding carboxylic acids is 1. The molecule has 0 bridgehead atoms. The zero-order valence-electron chi connectivity index (χ0n) is 26.4. The number of aliphatic hydroxyl groups excluding tert-OH is 6. The predicted molar refractivity (Wildman–Crippen MR) is 161 cm³/mol. The summed E-state index contributed by atoms with van der Waals surface area (Å²) in [5, 5.41) is 69.0. The fourth-order valence-corrected chi connectivity index (χ4v) is 6.14. The lowest BCUT2D eigenvalue weighted by Gasteiger charge is -2.46. The third-order valence-corrected chi connectivity index (χ3v) is 8.90. The van der Waals surface area contributed by atoms with E-state index >= 15 is 0 Å². The molecule has 1 saturated carbocycles. The van der Waals surface area contributed by atoms with Gasteiger partial charge in [-0.05, 0) is 33.4 Å². The molecule has 0 unspecified atom stereocenters. The van der Waals surface area contributed by atoms with Gasteiger partial charge < -0.3 is 92.6 Å². The van der Waals surface area contributed by atoms with Crippen LogP contribution in [0.1, 0.15) is 19.8 Å². The Hall–Kier alpha value is -1.47. The van der Waals surface area contributed by atoms with E-state index in [4.69, 9.17) is 51.4 Å². The van der Waals surface area contributed by atoms with Crippen molar-refractivity contribution >= 4 is 5.91 Å². The molecule has 1 amide bonds. The Morgan fingerprint density at radius 1 is 0.915 bits per heavy atom. The molecule has 4 rings (SSSR count). The molecule has 47 heavy (non-hydrogen) atoms. The van der Waals surface area contributed by atoms with Crippen LogP contribution in [0.4, 0.5) is 0 Å². The highest BCUT2D eigenvalue weighted by atomic mass is 16.8. The van der Waals surface area contributed by atoms with Gasteiger partial charge >= 0.3 is 0 Å². The van der Waals surface area contributed by atoms with Crippen LogP contribution in [0.3, 0.4) is 0 Å². The number of rotatable bonds is 13. The maximum Gasteiger partial charge on any atom is 0.249 e. The van der Waals surface area contributed by atoms with Crippen molar-refractivity contribution in [2.24, 2.45) is 22.9 Å². The summed E-state index contributed by atoms with van der Waals surface area (Å²) >= 11 is 0. The highest BCUT2D eigenvalue weighted by Gasteiger charge is 2.54. The first-order valence-corrected chi connectivity index (χ1v) is 15.8. The largest absolute Gasteiger partial charge is 0.394 e. The Balaban J connectivity index is 1.55. The minimum absolute atomic E-state index is 0.00708. The number of hydrogen-bond donors (Lipinski definition) is 12. The van der Waals surface area contributed by atoms with Crippen molar-refractivity contribution in [3.05, 3.63) is 12.2 Å². The van der Waals surface area contributed by atoms with Crippen LogP contribution in [0.15, 0.2) is 12.2 Å². The van der Waals surface area contributed by atoms with Crippen molar-refractivity contribution in [2.45, 2.75) is 130 Å². The Bertz CT molecular complexity index is 1040. The van der Waals surface area contributed by atoms with Gasteiger partial charge in [-0.1, -0.05) is 12.2 Å². The molecule has 4 aliphatic rings. The molecule has 272 valence electrons. The van der Waals surface area contributed by atoms with Crippen LogP contribution in [-0.2, 0) is 33.2 Å². The molecule has 19 heteroatoms. The highest BCUT2D eigenvalue weighted by molar-refractivity contribution is 5.80. The van der Waals surface area contributed by atoms with Gasteiger partial charge in [0.2, 0.25) is 5.91 Å². The maximum absolute atomic E-state index is 12.6. The van der Waals surface area contributed by atoms with Crippen LogP contribution in [0.5, 0.6) is 0 Å². The first kappa shape index (κ1) is 38.3. The zero-order chi connectivity index (χ0) is 34.6. The van der Waals surface area contributed by atoms with Crippen molar-refractivity contribution in [1.82, 2.24) is 10.6 Å². The Kier molecular flexibility index (Phi) is 13.8. The fraction of sp³-hybridized carbons (Fsp3) is 0.893. The van der Waals surface area contributed by atoms with E-state index in [1.807, 2.05) is 0 Å². The SMILES string of the molecule is CNC[C@@H]1C=C[C@@H](N)[C@@H](O[C@H]2[C@H](O[C@@H]3O[C@H](CO)[C@@H](O[C@H]4O[C@@H](C)[C@@H](O)[C@H](O)[C@H]4N)[C@H]3O)[C@@H](O)[C@H](NC(=O)[C@@H](O)CCN)C[C@@H]2N)O1. The molecule has 2 saturated heterocycles. The van der Waals surface area contributed by atoms with Crippen molar-refractivity contribution in [3.8, 4) is 0 Å². The van der Waals surface area contributed by atoms with Gasteiger partial charge in [0.1, 0.15) is 54.9 Å². The number of likely N-dealkylation sites (N-methyl/N-ethyl adjacent to an activating group) is 1. The second-order valence-corrected chi connectivity index (χ2v) is 12.4. The Labute approximate surface area is 272 Å². The van der Waals surface area contributed by atoms with Crippen LogP contribution in [0, 0.1) is 0 Å². The molecule has 0 aromatic carbocycles. The summed E-state index contributed by atoms with van der Waals surface area (Å²) in [6, 6.07) is -3.84. The lowest BCUT2D eigenvalue weighted by atomic mass is 9.83. The van der Waals surface area contributed by atoms with Crippen LogP contribution in [-0.4, -0.2) is 173 Å². The first-order chi connectivity index (χ1) is 22.3. The van der Waals surface area contributed by atoms with Gasteiger partial charge in [-0.25, -0.2) is 0 Å². The fourth-order valence-electron chi connectivity index (χ4n) is 6.14. The lowest BCUT2D eigenvalue weighted by molar-refractivity contribution is -0.283. The number of carbonyl (C=O) groups is 1. The highest BCUT2D eigenvalue weighted by Crippen LogP contribution is 2.34. The normalized spacial score (nSPS) is 46.3. The van der Waals surface area contributed by atoms with E-state index in [0.29, 0.717) is 6.54 Å². The van der Waals surface area contributed by atoms with Gasteiger partial charge in [-0.3, -0.25) is 4.79 Å². The molecule has 3 fully saturated rings. The number of amides is 1. The average molecular weight is 681 g/mol. The number of nitrogens with two attached hydrogens (primary N) is 4. The monoisotopic (exact) mass is 680 g/mol. The minimum atomic E-state index is -1.61. The molecule has 0 aromatic rings. The second-order valence-electron chi connectivity index (χ2n) is 12.4. The summed E-state index contributed by atoms with van der Waals surface area (Å²) < 4.78 is 35.6. The molecule has 19 nitrogen and oxygen atoms in total. The summed E-state index contributed by atoms with van der Waals surface area (Å²) in [7, 11) is 1.75. The summed E-state index contributed by atoms with van der Waals surface area (Å²) in [5.41, 5.74) is 24.3. The molecule has 3 aliphatic heterocycles. The van der Waals surface area contributed by atoms with E-state index in [1.165, 1.54) is 6.92 Å². The van der Waals surface area contributed by atoms with Gasteiger partial charge in [0, 0.05) is 12.6 Å². The molecule has 0 radical (unpaired) electrons. The molecular weight excluding hydrogens is 628 g/mol. The lowest BCUT2D eigenvalue weighted by Crippen LogP contribution is -2.67. The minimum Gasteiger partial charge on any atom is -0.394 e. The van der Waals surface area contributed by atoms with Crippen LogP contribution in [0.25, 0.3) is 0 Å². The first-order valence-electron chi connectivity index (χ1n) is 15.8. The van der Waals surface area contributed by atoms with E-state index < -0.39 is 117 Å². The van der Waals surface area contributed by atoms with E-state index in [9.17, 15) is 35.4 Å². The molecule has 3 heterocycles. The van der Waals surface area contributed by atoms with Crippen molar-refractivity contribution < 1.29 is 63.9 Å². The third kappa shape index (κ3) is 8.83. The second kappa shape index (κ2) is 17.0. The van der Waals surface area contributed by atoms with Gasteiger partial charge in [0.25, 0.3) is 0 Å². The maximum atomic E-state index is 12.6. The number of ether oxygens (including phenoxy) is 6. The van der Waals surface area contributed by atoms with Crippen LogP contribution < -0.4 is 33.6 Å². The van der Waals surface area contributed by atoms with E-state index in [1.54, 1.807) is 19.2 Å². The molecule has 0 spiro atoms. The number of hydrogen-bond acceptors (Lipinski definition) is 18. The van der Waals surface area contributed by atoms with Crippen LogP contribution >= 0.6 is 0 Å². The van der Waals surface area contributed by atoms with E-state index in [0.717, 1.165) is 0 Å². The zero-order valence-corrected chi connectivity index (χ0v) is 26.4. The van der Waals surface area contributed by atoms with Gasteiger partial charge in [0.05, 0.1) is 36.9 Å². The Morgan fingerprint density at radius 2 is 1.60 bits per heavy atom.